The zero-order valence-electron chi connectivity index (χ0n) is 17.4. The highest BCUT2D eigenvalue weighted by Gasteiger charge is 2.19. The lowest BCUT2D eigenvalue weighted by Gasteiger charge is -2.36. The molecule has 1 fully saturated rings. The van der Waals surface area contributed by atoms with Crippen molar-refractivity contribution in [2.75, 3.05) is 44.7 Å². The van der Waals surface area contributed by atoms with Crippen molar-refractivity contribution in [3.8, 4) is 5.75 Å². The molecule has 0 saturated carbocycles. The molecule has 1 saturated heterocycles. The first-order chi connectivity index (χ1) is 14.2. The molecule has 1 aliphatic rings. The molecular weight excluding hydrogens is 364 g/mol. The number of unbranched alkanes of at least 4 members (excludes halogenated alkanes) is 1. The van der Waals surface area contributed by atoms with Crippen LogP contribution in [0.3, 0.4) is 0 Å². The summed E-state index contributed by atoms with van der Waals surface area (Å²) in [6.45, 7) is 8.06. The van der Waals surface area contributed by atoms with E-state index >= 15 is 0 Å². The minimum atomic E-state index is -0.00368. The van der Waals surface area contributed by atoms with E-state index in [1.165, 1.54) is 11.3 Å². The number of aromatic nitrogens is 2. The summed E-state index contributed by atoms with van der Waals surface area (Å²) in [7, 11) is 1.73. The second kappa shape index (κ2) is 8.74. The van der Waals surface area contributed by atoms with Gasteiger partial charge in [-0.3, -0.25) is 9.47 Å². The molecular formula is C23H30N4O2. The molecule has 6 nitrogen and oxygen atoms in total. The number of hydrogen-bond donors (Lipinski definition) is 1. The Morgan fingerprint density at radius 3 is 2.55 bits per heavy atom. The Balaban J connectivity index is 1.26. The Bertz CT molecular complexity index is 1020. The molecule has 1 aromatic heterocycles. The third-order valence-corrected chi connectivity index (χ3v) is 5.83. The molecule has 0 amide bonds. The fourth-order valence-corrected chi connectivity index (χ4v) is 4.19. The molecule has 154 valence electrons. The number of imidazole rings is 1. The predicted octanol–water partition coefficient (Wildman–Crippen LogP) is 3.25. The smallest absolute Gasteiger partial charge is 0.326 e. The topological polar surface area (TPSA) is 53.5 Å². The van der Waals surface area contributed by atoms with Crippen LogP contribution in [-0.4, -0.2) is 54.3 Å². The van der Waals surface area contributed by atoms with Gasteiger partial charge in [0.2, 0.25) is 0 Å². The summed E-state index contributed by atoms with van der Waals surface area (Å²) < 4.78 is 7.38. The van der Waals surface area contributed by atoms with Crippen LogP contribution in [0.15, 0.2) is 47.3 Å². The van der Waals surface area contributed by atoms with Gasteiger partial charge in [0.1, 0.15) is 5.75 Å². The molecule has 0 aliphatic carbocycles. The monoisotopic (exact) mass is 394 g/mol. The number of nitrogens with zero attached hydrogens (tertiary/aromatic N) is 3. The number of rotatable bonds is 7. The van der Waals surface area contributed by atoms with Crippen LogP contribution in [0.1, 0.15) is 18.4 Å². The average molecular weight is 395 g/mol. The molecule has 2 heterocycles. The van der Waals surface area contributed by atoms with Crippen LogP contribution in [0.2, 0.25) is 0 Å². The summed E-state index contributed by atoms with van der Waals surface area (Å²) in [6, 6.07) is 14.4. The van der Waals surface area contributed by atoms with Gasteiger partial charge in [-0.25, -0.2) is 4.79 Å². The number of hydrogen-bond acceptors (Lipinski definition) is 4. The van der Waals surface area contributed by atoms with E-state index in [1.54, 1.807) is 7.11 Å². The Hall–Kier alpha value is -2.73. The quantitative estimate of drug-likeness (QED) is 0.625. The lowest BCUT2D eigenvalue weighted by Crippen LogP contribution is -2.46. The van der Waals surface area contributed by atoms with E-state index in [0.29, 0.717) is 0 Å². The number of ether oxygens (including phenoxy) is 1. The number of nitrogens with one attached hydrogen (secondary N) is 1. The minimum Gasteiger partial charge on any atom is -0.495 e. The van der Waals surface area contributed by atoms with Crippen LogP contribution in [0, 0.1) is 6.92 Å². The summed E-state index contributed by atoms with van der Waals surface area (Å²) in [4.78, 5) is 20.1. The number of aryl methyl sites for hydroxylation is 2. The maximum atomic E-state index is 12.3. The third kappa shape index (κ3) is 4.32. The van der Waals surface area contributed by atoms with Crippen LogP contribution in [0.5, 0.6) is 5.75 Å². The van der Waals surface area contributed by atoms with Crippen molar-refractivity contribution >= 4 is 16.7 Å². The summed E-state index contributed by atoms with van der Waals surface area (Å²) in [5, 5.41) is 0. The van der Waals surface area contributed by atoms with Crippen molar-refractivity contribution in [1.29, 1.82) is 0 Å². The fraction of sp³-hybridized carbons (Fsp3) is 0.435. The van der Waals surface area contributed by atoms with E-state index < -0.39 is 0 Å². The van der Waals surface area contributed by atoms with Gasteiger partial charge in [-0.2, -0.15) is 0 Å². The van der Waals surface area contributed by atoms with Gasteiger partial charge in [0.15, 0.2) is 0 Å². The molecule has 29 heavy (non-hydrogen) atoms. The highest BCUT2D eigenvalue weighted by molar-refractivity contribution is 5.75. The third-order valence-electron chi connectivity index (χ3n) is 5.83. The molecule has 1 aliphatic heterocycles. The lowest BCUT2D eigenvalue weighted by molar-refractivity contribution is 0.250. The molecule has 0 spiro atoms. The Morgan fingerprint density at radius 2 is 1.76 bits per heavy atom. The van der Waals surface area contributed by atoms with Gasteiger partial charge < -0.3 is 14.6 Å². The Kier molecular flexibility index (Phi) is 5.90. The highest BCUT2D eigenvalue weighted by Crippen LogP contribution is 2.28. The minimum absolute atomic E-state index is 0.00368. The van der Waals surface area contributed by atoms with Gasteiger partial charge in [0, 0.05) is 32.7 Å². The van der Waals surface area contributed by atoms with Crippen molar-refractivity contribution in [3.63, 3.8) is 0 Å². The molecule has 6 heteroatoms. The van der Waals surface area contributed by atoms with Crippen molar-refractivity contribution in [1.82, 2.24) is 14.5 Å². The normalized spacial score (nSPS) is 15.2. The van der Waals surface area contributed by atoms with Crippen LogP contribution in [0.4, 0.5) is 5.69 Å². The van der Waals surface area contributed by atoms with Gasteiger partial charge in [-0.15, -0.1) is 0 Å². The van der Waals surface area contributed by atoms with E-state index in [9.17, 15) is 4.79 Å². The highest BCUT2D eigenvalue weighted by atomic mass is 16.5. The number of H-pyrrole nitrogens is 1. The fourth-order valence-electron chi connectivity index (χ4n) is 4.19. The van der Waals surface area contributed by atoms with Gasteiger partial charge in [-0.1, -0.05) is 18.2 Å². The van der Waals surface area contributed by atoms with E-state index in [-0.39, 0.29) is 5.69 Å². The predicted molar refractivity (Wildman–Crippen MR) is 118 cm³/mol. The first-order valence-corrected chi connectivity index (χ1v) is 10.5. The van der Waals surface area contributed by atoms with E-state index in [0.717, 1.165) is 68.9 Å². The molecule has 0 atom stereocenters. The number of anilines is 1. The van der Waals surface area contributed by atoms with Crippen LogP contribution in [-0.2, 0) is 6.54 Å². The lowest BCUT2D eigenvalue weighted by atomic mass is 10.2. The maximum absolute atomic E-state index is 12.3. The number of fused-ring (bicyclic) bond motifs is 1. The van der Waals surface area contributed by atoms with E-state index in [2.05, 4.69) is 39.9 Å². The molecule has 0 bridgehead atoms. The SMILES string of the molecule is COc1ccccc1N1CCN(CCCCn2c(=O)[nH]c3ccc(C)cc32)CC1. The van der Waals surface area contributed by atoms with Gasteiger partial charge in [0.25, 0.3) is 0 Å². The number of para-hydroxylation sites is 2. The summed E-state index contributed by atoms with van der Waals surface area (Å²) in [5.41, 5.74) is 4.30. The molecule has 1 N–H and O–H groups in total. The molecule has 3 aromatic rings. The molecule has 2 aromatic carbocycles. The zero-order chi connectivity index (χ0) is 20.2. The van der Waals surface area contributed by atoms with Crippen LogP contribution in [0.25, 0.3) is 11.0 Å². The molecule has 4 rings (SSSR count). The van der Waals surface area contributed by atoms with Crippen LogP contribution >= 0.6 is 0 Å². The Morgan fingerprint density at radius 1 is 1.00 bits per heavy atom. The van der Waals surface area contributed by atoms with Gasteiger partial charge in [-0.05, 0) is 56.1 Å². The second-order valence-electron chi connectivity index (χ2n) is 7.81. The number of benzene rings is 2. The number of methoxy groups -OCH3 is 1. The van der Waals surface area contributed by atoms with Gasteiger partial charge in [0.05, 0.1) is 23.8 Å². The van der Waals surface area contributed by atoms with Crippen molar-refractivity contribution in [3.05, 3.63) is 58.5 Å². The van der Waals surface area contributed by atoms with E-state index in [1.807, 2.05) is 28.8 Å². The summed E-state index contributed by atoms with van der Waals surface area (Å²) in [5.74, 6) is 0.945. The van der Waals surface area contributed by atoms with Crippen molar-refractivity contribution < 1.29 is 4.74 Å². The first-order valence-electron chi connectivity index (χ1n) is 10.5. The maximum Gasteiger partial charge on any atom is 0.326 e. The summed E-state index contributed by atoms with van der Waals surface area (Å²) >= 11 is 0. The van der Waals surface area contributed by atoms with Gasteiger partial charge >= 0.3 is 5.69 Å². The summed E-state index contributed by atoms with van der Waals surface area (Å²) in [6.07, 6.45) is 2.10. The largest absolute Gasteiger partial charge is 0.495 e. The van der Waals surface area contributed by atoms with Crippen LogP contribution < -0.4 is 15.3 Å². The average Bonchev–Trinajstić information content (AvgIpc) is 3.06. The van der Waals surface area contributed by atoms with E-state index in [4.69, 9.17) is 4.74 Å². The zero-order valence-corrected chi connectivity index (χ0v) is 17.4. The number of aromatic amines is 1. The standard InChI is InChI=1S/C23H30N4O2/c1-18-9-10-19-21(17-18)27(23(28)24-19)12-6-5-11-25-13-15-26(16-14-25)20-7-3-4-8-22(20)29-2/h3-4,7-10,17H,5-6,11-16H2,1-2H3,(H,24,28). The number of piperazine rings is 1. The molecule has 0 unspecified atom stereocenters. The van der Waals surface area contributed by atoms with Crippen molar-refractivity contribution in [2.45, 2.75) is 26.3 Å². The van der Waals surface area contributed by atoms with Crippen molar-refractivity contribution in [2.24, 2.45) is 0 Å². The second-order valence-corrected chi connectivity index (χ2v) is 7.81. The Labute approximate surface area is 171 Å². The first kappa shape index (κ1) is 19.6. The molecule has 0 radical (unpaired) electrons.